The van der Waals surface area contributed by atoms with Crippen molar-refractivity contribution >= 4 is 0 Å². The summed E-state index contributed by atoms with van der Waals surface area (Å²) in [7, 11) is 0. The first-order valence-electron chi connectivity index (χ1n) is 7.81. The van der Waals surface area contributed by atoms with E-state index in [0.717, 1.165) is 25.9 Å². The number of hydrogen-bond acceptors (Lipinski definition) is 2. The average Bonchev–Trinajstić information content (AvgIpc) is 2.85. The summed E-state index contributed by atoms with van der Waals surface area (Å²) >= 11 is 0. The van der Waals surface area contributed by atoms with Gasteiger partial charge in [0.1, 0.15) is 5.82 Å². The van der Waals surface area contributed by atoms with Crippen molar-refractivity contribution in [2.75, 3.05) is 0 Å². The zero-order chi connectivity index (χ0) is 15.3. The van der Waals surface area contributed by atoms with E-state index in [1.54, 1.807) is 0 Å². The number of rotatable bonds is 6. The maximum atomic E-state index is 4.43. The van der Waals surface area contributed by atoms with Gasteiger partial charge in [-0.2, -0.15) is 0 Å². The van der Waals surface area contributed by atoms with Crippen LogP contribution in [-0.2, 0) is 19.5 Å². The van der Waals surface area contributed by atoms with Crippen LogP contribution in [0, 0.1) is 0 Å². The minimum absolute atomic E-state index is 0.157. The normalized spacial score (nSPS) is 11.8. The summed E-state index contributed by atoms with van der Waals surface area (Å²) in [6, 6.07) is 8.86. The van der Waals surface area contributed by atoms with Gasteiger partial charge in [-0.3, -0.25) is 0 Å². The molecule has 0 saturated carbocycles. The van der Waals surface area contributed by atoms with Gasteiger partial charge in [0.15, 0.2) is 0 Å². The minimum Gasteiger partial charge on any atom is -0.331 e. The predicted octanol–water partition coefficient (Wildman–Crippen LogP) is 3.77. The molecule has 0 spiro atoms. The van der Waals surface area contributed by atoms with E-state index in [0.29, 0.717) is 0 Å². The van der Waals surface area contributed by atoms with Crippen molar-refractivity contribution in [2.24, 2.45) is 0 Å². The second-order valence-electron chi connectivity index (χ2n) is 6.64. The van der Waals surface area contributed by atoms with E-state index in [9.17, 15) is 0 Å². The van der Waals surface area contributed by atoms with Gasteiger partial charge in [-0.1, -0.05) is 31.2 Å². The van der Waals surface area contributed by atoms with Crippen LogP contribution < -0.4 is 5.32 Å². The van der Waals surface area contributed by atoms with Crippen LogP contribution in [0.4, 0.5) is 0 Å². The van der Waals surface area contributed by atoms with Crippen LogP contribution in [0.5, 0.6) is 0 Å². The fourth-order valence-corrected chi connectivity index (χ4v) is 2.26. The Kier molecular flexibility index (Phi) is 5.18. The molecule has 0 aliphatic carbocycles. The number of benzene rings is 1. The monoisotopic (exact) mass is 285 g/mol. The molecule has 1 aromatic heterocycles. The Labute approximate surface area is 128 Å². The molecule has 0 radical (unpaired) electrons. The molecule has 0 saturated heterocycles. The first-order chi connectivity index (χ1) is 9.98. The second-order valence-corrected chi connectivity index (χ2v) is 6.64. The number of imidazole rings is 1. The molecule has 21 heavy (non-hydrogen) atoms. The quantitative estimate of drug-likeness (QED) is 0.875. The van der Waals surface area contributed by atoms with E-state index >= 15 is 0 Å². The highest BCUT2D eigenvalue weighted by Crippen LogP contribution is 2.10. The fraction of sp³-hybridized carbons (Fsp3) is 0.500. The van der Waals surface area contributed by atoms with Gasteiger partial charge in [0.25, 0.3) is 0 Å². The van der Waals surface area contributed by atoms with E-state index in [1.165, 1.54) is 17.0 Å². The number of nitrogens with zero attached hydrogens (tertiary/aromatic N) is 2. The Balaban J connectivity index is 1.97. The summed E-state index contributed by atoms with van der Waals surface area (Å²) in [6.45, 7) is 10.6. The van der Waals surface area contributed by atoms with Crippen LogP contribution in [0.2, 0.25) is 0 Å². The van der Waals surface area contributed by atoms with Gasteiger partial charge >= 0.3 is 0 Å². The molecule has 0 amide bonds. The van der Waals surface area contributed by atoms with Crippen LogP contribution in [-0.4, -0.2) is 15.1 Å². The molecule has 0 aliphatic heterocycles. The number of aryl methyl sites for hydroxylation is 1. The Morgan fingerprint density at radius 2 is 1.76 bits per heavy atom. The van der Waals surface area contributed by atoms with Gasteiger partial charge in [0.05, 0.1) is 0 Å². The van der Waals surface area contributed by atoms with Crippen LogP contribution in [0.25, 0.3) is 0 Å². The number of aromatic nitrogens is 2. The minimum atomic E-state index is 0.157. The highest BCUT2D eigenvalue weighted by molar-refractivity contribution is 5.23. The van der Waals surface area contributed by atoms with E-state index in [2.05, 4.69) is 73.0 Å². The van der Waals surface area contributed by atoms with E-state index < -0.39 is 0 Å². The summed E-state index contributed by atoms with van der Waals surface area (Å²) < 4.78 is 2.24. The molecule has 3 nitrogen and oxygen atoms in total. The van der Waals surface area contributed by atoms with E-state index in [1.807, 2.05) is 6.20 Å². The van der Waals surface area contributed by atoms with E-state index in [-0.39, 0.29) is 5.54 Å². The molecule has 2 aromatic rings. The Morgan fingerprint density at radius 3 is 2.38 bits per heavy atom. The van der Waals surface area contributed by atoms with Gasteiger partial charge in [-0.25, -0.2) is 4.98 Å². The lowest BCUT2D eigenvalue weighted by molar-refractivity contribution is 0.424. The lowest BCUT2D eigenvalue weighted by atomic mass is 10.1. The Morgan fingerprint density at radius 1 is 1.10 bits per heavy atom. The third-order valence-electron chi connectivity index (χ3n) is 3.47. The highest BCUT2D eigenvalue weighted by atomic mass is 15.1. The average molecular weight is 285 g/mol. The Bertz CT molecular complexity index is 547. The van der Waals surface area contributed by atoms with Crippen molar-refractivity contribution in [3.8, 4) is 0 Å². The molecule has 1 heterocycles. The van der Waals surface area contributed by atoms with Crippen LogP contribution >= 0.6 is 0 Å². The van der Waals surface area contributed by atoms with Gasteiger partial charge in [0.2, 0.25) is 0 Å². The van der Waals surface area contributed by atoms with Crippen molar-refractivity contribution in [1.82, 2.24) is 14.9 Å². The molecule has 1 aromatic carbocycles. The summed E-state index contributed by atoms with van der Waals surface area (Å²) in [5.74, 6) is 1.18. The molecule has 114 valence electrons. The SMILES string of the molecule is CCCc1nccn1Cc1ccc(CNC(C)(C)C)cc1. The summed E-state index contributed by atoms with van der Waals surface area (Å²) in [6.07, 6.45) is 6.14. The van der Waals surface area contributed by atoms with Crippen molar-refractivity contribution in [3.05, 3.63) is 53.6 Å². The second kappa shape index (κ2) is 6.90. The zero-order valence-corrected chi connectivity index (χ0v) is 13.7. The maximum Gasteiger partial charge on any atom is 0.108 e. The van der Waals surface area contributed by atoms with Crippen LogP contribution in [0.1, 0.15) is 51.1 Å². The van der Waals surface area contributed by atoms with Crippen molar-refractivity contribution < 1.29 is 0 Å². The molecule has 2 rings (SSSR count). The smallest absolute Gasteiger partial charge is 0.108 e. The summed E-state index contributed by atoms with van der Waals surface area (Å²) in [5, 5.41) is 3.51. The summed E-state index contributed by atoms with van der Waals surface area (Å²) in [5.41, 5.74) is 2.81. The van der Waals surface area contributed by atoms with Crippen LogP contribution in [0.3, 0.4) is 0 Å². The number of nitrogens with one attached hydrogen (secondary N) is 1. The molecule has 0 aliphatic rings. The topological polar surface area (TPSA) is 29.9 Å². The molecular weight excluding hydrogens is 258 g/mol. The first kappa shape index (κ1) is 15.8. The highest BCUT2D eigenvalue weighted by Gasteiger charge is 2.08. The maximum absolute atomic E-state index is 4.43. The largest absolute Gasteiger partial charge is 0.331 e. The van der Waals surface area contributed by atoms with Gasteiger partial charge in [-0.05, 0) is 38.3 Å². The van der Waals surface area contributed by atoms with Gasteiger partial charge in [0, 0.05) is 37.4 Å². The molecule has 0 unspecified atom stereocenters. The zero-order valence-electron chi connectivity index (χ0n) is 13.7. The van der Waals surface area contributed by atoms with Crippen molar-refractivity contribution in [1.29, 1.82) is 0 Å². The molecule has 0 bridgehead atoms. The molecule has 0 atom stereocenters. The van der Waals surface area contributed by atoms with E-state index in [4.69, 9.17) is 0 Å². The molecule has 3 heteroatoms. The first-order valence-corrected chi connectivity index (χ1v) is 7.81. The van der Waals surface area contributed by atoms with Gasteiger partial charge < -0.3 is 9.88 Å². The molecule has 0 fully saturated rings. The predicted molar refractivity (Wildman–Crippen MR) is 88.4 cm³/mol. The van der Waals surface area contributed by atoms with Gasteiger partial charge in [-0.15, -0.1) is 0 Å². The van der Waals surface area contributed by atoms with Crippen molar-refractivity contribution in [3.63, 3.8) is 0 Å². The standard InChI is InChI=1S/C18H27N3/c1-5-6-17-19-11-12-21(17)14-16-9-7-15(8-10-16)13-20-18(2,3)4/h7-12,20H,5-6,13-14H2,1-4H3. The van der Waals surface area contributed by atoms with Crippen molar-refractivity contribution in [2.45, 2.75) is 59.2 Å². The number of hydrogen-bond donors (Lipinski definition) is 1. The fourth-order valence-electron chi connectivity index (χ4n) is 2.26. The summed E-state index contributed by atoms with van der Waals surface area (Å²) in [4.78, 5) is 4.43. The third-order valence-corrected chi connectivity index (χ3v) is 3.47. The lowest BCUT2D eigenvalue weighted by Gasteiger charge is -2.20. The van der Waals surface area contributed by atoms with Crippen LogP contribution in [0.15, 0.2) is 36.7 Å². The Hall–Kier alpha value is -1.61. The molecule has 1 N–H and O–H groups in total. The molecular formula is C18H27N3. The lowest BCUT2D eigenvalue weighted by Crippen LogP contribution is -2.35. The third kappa shape index (κ3) is 5.01.